The minimum absolute atomic E-state index is 0.151. The molecule has 0 fully saturated rings. The second kappa shape index (κ2) is 5.70. The van der Waals surface area contributed by atoms with Gasteiger partial charge in [-0.3, -0.25) is 0 Å². The van der Waals surface area contributed by atoms with Gasteiger partial charge in [-0.2, -0.15) is 0 Å². The number of fused-ring (bicyclic) bond motifs is 1. The summed E-state index contributed by atoms with van der Waals surface area (Å²) in [5.74, 6) is -0.320. The maximum absolute atomic E-state index is 9.60. The van der Waals surface area contributed by atoms with Gasteiger partial charge < -0.3 is 10.2 Å². The van der Waals surface area contributed by atoms with Gasteiger partial charge in [0.05, 0.1) is 12.7 Å². The molecule has 0 amide bonds. The fourth-order valence-electron chi connectivity index (χ4n) is 2.71. The second-order valence-electron chi connectivity index (χ2n) is 5.69. The fourth-order valence-corrected chi connectivity index (χ4v) is 2.71. The van der Waals surface area contributed by atoms with Crippen LogP contribution >= 0.6 is 0 Å². The molecule has 2 N–H and O–H groups in total. The van der Waals surface area contributed by atoms with Crippen LogP contribution in [0, 0.1) is 0 Å². The first kappa shape index (κ1) is 14.3. The normalized spacial score (nSPS) is 11.0. The molecule has 0 unspecified atom stereocenters. The van der Waals surface area contributed by atoms with E-state index in [2.05, 4.69) is 40.6 Å². The second-order valence-corrected chi connectivity index (χ2v) is 5.69. The molecule has 1 heterocycles. The summed E-state index contributed by atoms with van der Waals surface area (Å²) in [6.45, 7) is 0.613. The molecular weight excluding hydrogens is 302 g/mol. The van der Waals surface area contributed by atoms with E-state index in [0.29, 0.717) is 17.8 Å². The number of aromatic nitrogens is 3. The van der Waals surface area contributed by atoms with Crippen molar-refractivity contribution in [2.45, 2.75) is 6.54 Å². The lowest BCUT2D eigenvalue weighted by molar-refractivity contribution is 0.404. The van der Waals surface area contributed by atoms with Crippen molar-refractivity contribution in [3.63, 3.8) is 0 Å². The van der Waals surface area contributed by atoms with Crippen molar-refractivity contribution in [1.29, 1.82) is 0 Å². The van der Waals surface area contributed by atoms with Gasteiger partial charge in [0, 0.05) is 5.56 Å². The number of nitrogens with zero attached hydrogens (tertiary/aromatic N) is 3. The highest BCUT2D eigenvalue weighted by Gasteiger charge is 2.08. The van der Waals surface area contributed by atoms with Gasteiger partial charge in [-0.25, -0.2) is 4.68 Å². The molecule has 0 saturated heterocycles. The van der Waals surface area contributed by atoms with Crippen molar-refractivity contribution in [3.8, 4) is 22.8 Å². The van der Waals surface area contributed by atoms with Gasteiger partial charge in [0.15, 0.2) is 11.5 Å². The lowest BCUT2D eigenvalue weighted by Gasteiger charge is -2.03. The molecule has 0 spiro atoms. The van der Waals surface area contributed by atoms with Crippen LogP contribution < -0.4 is 0 Å². The van der Waals surface area contributed by atoms with Crippen molar-refractivity contribution in [2.75, 3.05) is 0 Å². The van der Waals surface area contributed by atoms with Gasteiger partial charge in [-0.1, -0.05) is 41.6 Å². The van der Waals surface area contributed by atoms with Crippen molar-refractivity contribution < 1.29 is 10.2 Å². The SMILES string of the molecule is Oc1ccc(-c2cn(Cc3ccc4ccccc4c3)nn2)cc1O. The first-order chi connectivity index (χ1) is 11.7. The van der Waals surface area contributed by atoms with Crippen LogP contribution in [0.15, 0.2) is 66.9 Å². The Kier molecular flexibility index (Phi) is 3.39. The molecule has 0 atom stereocenters. The van der Waals surface area contributed by atoms with Crippen molar-refractivity contribution >= 4 is 10.8 Å². The molecule has 0 saturated carbocycles. The molecule has 1 aromatic heterocycles. The fraction of sp³-hybridized carbons (Fsp3) is 0.0526. The van der Waals surface area contributed by atoms with Crippen LogP contribution in [0.4, 0.5) is 0 Å². The largest absolute Gasteiger partial charge is 0.504 e. The molecule has 5 heteroatoms. The summed E-state index contributed by atoms with van der Waals surface area (Å²) in [6, 6.07) is 19.1. The minimum atomic E-state index is -0.170. The summed E-state index contributed by atoms with van der Waals surface area (Å²) in [5.41, 5.74) is 2.49. The molecule has 118 valence electrons. The number of hydrogen-bond acceptors (Lipinski definition) is 4. The molecule has 4 rings (SSSR count). The van der Waals surface area contributed by atoms with E-state index in [0.717, 1.165) is 5.56 Å². The summed E-state index contributed by atoms with van der Waals surface area (Å²) in [5, 5.41) is 29.7. The Morgan fingerprint density at radius 3 is 2.50 bits per heavy atom. The number of aromatic hydroxyl groups is 2. The summed E-state index contributed by atoms with van der Waals surface area (Å²) in [7, 11) is 0. The highest BCUT2D eigenvalue weighted by atomic mass is 16.3. The van der Waals surface area contributed by atoms with E-state index >= 15 is 0 Å². The lowest BCUT2D eigenvalue weighted by atomic mass is 10.1. The smallest absolute Gasteiger partial charge is 0.158 e. The van der Waals surface area contributed by atoms with Crippen LogP contribution in [0.25, 0.3) is 22.0 Å². The van der Waals surface area contributed by atoms with Gasteiger partial charge in [-0.05, 0) is 40.6 Å². The predicted octanol–water partition coefficient (Wildman–Crippen LogP) is 3.56. The van der Waals surface area contributed by atoms with Crippen LogP contribution in [-0.2, 0) is 6.54 Å². The molecule has 24 heavy (non-hydrogen) atoms. The number of hydrogen-bond donors (Lipinski definition) is 2. The summed E-state index contributed by atoms with van der Waals surface area (Å²) < 4.78 is 1.75. The molecule has 3 aromatic carbocycles. The zero-order valence-electron chi connectivity index (χ0n) is 12.8. The quantitative estimate of drug-likeness (QED) is 0.567. The van der Waals surface area contributed by atoms with E-state index < -0.39 is 0 Å². The summed E-state index contributed by atoms with van der Waals surface area (Å²) in [4.78, 5) is 0. The average Bonchev–Trinajstić information content (AvgIpc) is 3.06. The van der Waals surface area contributed by atoms with E-state index in [4.69, 9.17) is 0 Å². The molecular formula is C19H15N3O2. The van der Waals surface area contributed by atoms with Gasteiger partial charge >= 0.3 is 0 Å². The molecule has 4 aromatic rings. The molecule has 0 aliphatic rings. The Hall–Kier alpha value is -3.34. The highest BCUT2D eigenvalue weighted by Crippen LogP contribution is 2.29. The van der Waals surface area contributed by atoms with E-state index in [1.54, 1.807) is 10.7 Å². The van der Waals surface area contributed by atoms with Gasteiger partial charge in [-0.15, -0.1) is 5.10 Å². The first-order valence-electron chi connectivity index (χ1n) is 7.59. The molecule has 0 aliphatic carbocycles. The number of phenols is 2. The Morgan fingerprint density at radius 2 is 1.67 bits per heavy atom. The van der Waals surface area contributed by atoms with Gasteiger partial charge in [0.1, 0.15) is 5.69 Å². The third-order valence-electron chi connectivity index (χ3n) is 3.97. The third-order valence-corrected chi connectivity index (χ3v) is 3.97. The van der Waals surface area contributed by atoms with Crippen LogP contribution in [0.1, 0.15) is 5.56 Å². The number of benzene rings is 3. The summed E-state index contributed by atoms with van der Waals surface area (Å²) >= 11 is 0. The molecule has 0 aliphatic heterocycles. The Labute approximate surface area is 138 Å². The Bertz CT molecular complexity index is 1020. The van der Waals surface area contributed by atoms with E-state index in [1.165, 1.54) is 22.9 Å². The highest BCUT2D eigenvalue weighted by molar-refractivity contribution is 5.83. The third kappa shape index (κ3) is 2.67. The van der Waals surface area contributed by atoms with Crippen LogP contribution in [0.2, 0.25) is 0 Å². The zero-order valence-corrected chi connectivity index (χ0v) is 12.8. The average molecular weight is 317 g/mol. The van der Waals surface area contributed by atoms with E-state index in [9.17, 15) is 10.2 Å². The van der Waals surface area contributed by atoms with Crippen molar-refractivity contribution in [2.24, 2.45) is 0 Å². The topological polar surface area (TPSA) is 71.2 Å². The van der Waals surface area contributed by atoms with Crippen LogP contribution in [-0.4, -0.2) is 25.2 Å². The molecule has 0 radical (unpaired) electrons. The Balaban J connectivity index is 1.61. The van der Waals surface area contributed by atoms with E-state index in [-0.39, 0.29) is 11.5 Å². The Morgan fingerprint density at radius 1 is 0.833 bits per heavy atom. The molecule has 5 nitrogen and oxygen atoms in total. The molecule has 0 bridgehead atoms. The van der Waals surface area contributed by atoms with Gasteiger partial charge in [0.25, 0.3) is 0 Å². The standard InChI is InChI=1S/C19H15N3O2/c23-18-8-7-16(10-19(18)24)17-12-22(21-20-17)11-13-5-6-14-3-1-2-4-15(14)9-13/h1-10,12,23-24H,11H2. The number of phenolic OH excluding ortho intramolecular Hbond substituents is 2. The summed E-state index contributed by atoms with van der Waals surface area (Å²) in [6.07, 6.45) is 1.82. The monoisotopic (exact) mass is 317 g/mol. The zero-order chi connectivity index (χ0) is 16.5. The maximum atomic E-state index is 9.60. The minimum Gasteiger partial charge on any atom is -0.504 e. The maximum Gasteiger partial charge on any atom is 0.158 e. The van der Waals surface area contributed by atoms with Crippen LogP contribution in [0.5, 0.6) is 11.5 Å². The predicted molar refractivity (Wildman–Crippen MR) is 91.8 cm³/mol. The number of rotatable bonds is 3. The van der Waals surface area contributed by atoms with Gasteiger partial charge in [0.2, 0.25) is 0 Å². The first-order valence-corrected chi connectivity index (χ1v) is 7.59. The van der Waals surface area contributed by atoms with E-state index in [1.807, 2.05) is 18.3 Å². The van der Waals surface area contributed by atoms with Crippen LogP contribution in [0.3, 0.4) is 0 Å². The lowest BCUT2D eigenvalue weighted by Crippen LogP contribution is -2.00. The van der Waals surface area contributed by atoms with Crippen molar-refractivity contribution in [1.82, 2.24) is 15.0 Å². The van der Waals surface area contributed by atoms with Crippen molar-refractivity contribution in [3.05, 3.63) is 72.4 Å².